The minimum Gasteiger partial charge on any atom is -0.490 e. The van der Waals surface area contributed by atoms with Crippen LogP contribution in [0.3, 0.4) is 0 Å². The van der Waals surface area contributed by atoms with E-state index in [4.69, 9.17) is 26.4 Å². The van der Waals surface area contributed by atoms with Gasteiger partial charge in [0.15, 0.2) is 16.6 Å². The molecule has 3 aromatic carbocycles. The molecule has 0 saturated heterocycles. The van der Waals surface area contributed by atoms with Crippen LogP contribution in [0.15, 0.2) is 77.9 Å². The van der Waals surface area contributed by atoms with Crippen LogP contribution < -0.4 is 25.0 Å². The lowest BCUT2D eigenvalue weighted by Gasteiger charge is -2.13. The Labute approximate surface area is 202 Å². The van der Waals surface area contributed by atoms with Crippen molar-refractivity contribution < 1.29 is 19.1 Å². The first-order chi connectivity index (χ1) is 16.5. The van der Waals surface area contributed by atoms with Gasteiger partial charge in [-0.25, -0.2) is 0 Å². The Morgan fingerprint density at radius 1 is 1.00 bits per heavy atom. The number of benzene rings is 3. The minimum atomic E-state index is -0.456. The molecule has 0 fully saturated rings. The predicted octanol–water partition coefficient (Wildman–Crippen LogP) is 4.77. The monoisotopic (exact) mass is 480 g/mol. The molecule has 0 amide bonds. The minimum absolute atomic E-state index is 0.0121. The van der Waals surface area contributed by atoms with E-state index in [1.54, 1.807) is 24.4 Å². The fourth-order valence-electron chi connectivity index (χ4n) is 2.81. The molecular weight excluding hydrogens is 456 g/mol. The number of hydrogen-bond donors (Lipinski definition) is 2. The normalized spacial score (nSPS) is 10.5. The third kappa shape index (κ3) is 7.75. The van der Waals surface area contributed by atoms with Crippen molar-refractivity contribution in [2.24, 2.45) is 5.10 Å². The quantitative estimate of drug-likeness (QED) is 0.133. The maximum absolute atomic E-state index is 10.7. The molecule has 0 aliphatic heterocycles. The number of nitrogens with zero attached hydrogens (tertiary/aromatic N) is 2. The molecule has 0 unspecified atom stereocenters. The Kier molecular flexibility index (Phi) is 9.18. The number of non-ortho nitro benzene ring substituents is 1. The number of nitro benzene ring substituents is 1. The molecule has 176 valence electrons. The van der Waals surface area contributed by atoms with Gasteiger partial charge in [0.1, 0.15) is 19.0 Å². The number of hydrazone groups is 1. The Balaban J connectivity index is 1.50. The van der Waals surface area contributed by atoms with Crippen molar-refractivity contribution >= 4 is 34.9 Å². The number of anilines is 1. The zero-order valence-electron chi connectivity index (χ0n) is 18.5. The van der Waals surface area contributed by atoms with Gasteiger partial charge in [-0.15, -0.1) is 0 Å². The molecule has 0 bridgehead atoms. The van der Waals surface area contributed by atoms with Crippen LogP contribution in [0.4, 0.5) is 11.4 Å². The van der Waals surface area contributed by atoms with Gasteiger partial charge in [0, 0.05) is 17.8 Å². The van der Waals surface area contributed by atoms with Crippen LogP contribution in [0.25, 0.3) is 0 Å². The van der Waals surface area contributed by atoms with Gasteiger partial charge in [-0.2, -0.15) is 5.10 Å². The first-order valence-corrected chi connectivity index (χ1v) is 10.9. The maximum atomic E-state index is 10.7. The zero-order chi connectivity index (χ0) is 24.2. The molecular formula is C24H24N4O5S. The van der Waals surface area contributed by atoms with Crippen LogP contribution in [-0.4, -0.2) is 36.1 Å². The molecule has 0 radical (unpaired) electrons. The molecule has 0 aromatic heterocycles. The van der Waals surface area contributed by atoms with Gasteiger partial charge in [0.2, 0.25) is 0 Å². The van der Waals surface area contributed by atoms with Crippen molar-refractivity contribution in [1.29, 1.82) is 0 Å². The average Bonchev–Trinajstić information content (AvgIpc) is 2.84. The fraction of sp³-hybridized carbons (Fsp3) is 0.167. The summed E-state index contributed by atoms with van der Waals surface area (Å²) in [7, 11) is 0. The Morgan fingerprint density at radius 2 is 1.74 bits per heavy atom. The van der Waals surface area contributed by atoms with Crippen LogP contribution in [0.5, 0.6) is 17.2 Å². The highest BCUT2D eigenvalue weighted by Gasteiger charge is 2.07. The number of rotatable bonds is 11. The number of ether oxygens (including phenoxy) is 3. The van der Waals surface area contributed by atoms with Crippen molar-refractivity contribution in [2.75, 3.05) is 25.1 Å². The molecule has 0 atom stereocenters. The topological polar surface area (TPSA) is 107 Å². The van der Waals surface area contributed by atoms with Crippen LogP contribution >= 0.6 is 12.2 Å². The van der Waals surface area contributed by atoms with Gasteiger partial charge in [-0.1, -0.05) is 18.2 Å². The number of para-hydroxylation sites is 1. The molecule has 0 spiro atoms. The average molecular weight is 481 g/mol. The van der Waals surface area contributed by atoms with E-state index in [9.17, 15) is 10.1 Å². The molecule has 0 aliphatic carbocycles. The van der Waals surface area contributed by atoms with Gasteiger partial charge in [-0.3, -0.25) is 15.5 Å². The molecule has 3 aromatic rings. The van der Waals surface area contributed by atoms with Crippen molar-refractivity contribution in [3.63, 3.8) is 0 Å². The number of nitrogens with one attached hydrogen (secondary N) is 2. The highest BCUT2D eigenvalue weighted by Crippen LogP contribution is 2.28. The second kappa shape index (κ2) is 12.8. The second-order valence-corrected chi connectivity index (χ2v) is 7.19. The molecule has 0 heterocycles. The van der Waals surface area contributed by atoms with Gasteiger partial charge >= 0.3 is 0 Å². The van der Waals surface area contributed by atoms with E-state index in [1.165, 1.54) is 12.1 Å². The molecule has 2 N–H and O–H groups in total. The maximum Gasteiger partial charge on any atom is 0.269 e. The highest BCUT2D eigenvalue weighted by atomic mass is 32.1. The van der Waals surface area contributed by atoms with E-state index in [1.807, 2.05) is 49.4 Å². The van der Waals surface area contributed by atoms with Gasteiger partial charge < -0.3 is 19.5 Å². The summed E-state index contributed by atoms with van der Waals surface area (Å²) in [5.74, 6) is 1.67. The first kappa shape index (κ1) is 24.5. The zero-order valence-corrected chi connectivity index (χ0v) is 19.3. The van der Waals surface area contributed by atoms with Crippen molar-refractivity contribution in [3.8, 4) is 17.2 Å². The second-order valence-electron chi connectivity index (χ2n) is 6.78. The molecule has 34 heavy (non-hydrogen) atoms. The predicted molar refractivity (Wildman–Crippen MR) is 135 cm³/mol. The number of thiocarbonyl (C=S) groups is 1. The van der Waals surface area contributed by atoms with E-state index in [0.717, 1.165) is 11.3 Å². The lowest BCUT2D eigenvalue weighted by Crippen LogP contribution is -2.23. The van der Waals surface area contributed by atoms with Crippen molar-refractivity contribution in [1.82, 2.24) is 5.43 Å². The summed E-state index contributed by atoms with van der Waals surface area (Å²) < 4.78 is 17.0. The molecule has 0 aliphatic rings. The summed E-state index contributed by atoms with van der Waals surface area (Å²) in [5, 5.41) is 18.3. The van der Waals surface area contributed by atoms with Crippen LogP contribution in [0.2, 0.25) is 0 Å². The van der Waals surface area contributed by atoms with E-state index in [2.05, 4.69) is 15.8 Å². The van der Waals surface area contributed by atoms with E-state index in [0.29, 0.717) is 29.0 Å². The molecule has 3 rings (SSSR count). The summed E-state index contributed by atoms with van der Waals surface area (Å²) in [6.07, 6.45) is 1.63. The Bertz CT molecular complexity index is 1120. The number of nitro groups is 1. The van der Waals surface area contributed by atoms with E-state index >= 15 is 0 Å². The van der Waals surface area contributed by atoms with E-state index < -0.39 is 4.92 Å². The molecule has 9 nitrogen and oxygen atoms in total. The van der Waals surface area contributed by atoms with Gasteiger partial charge in [0.25, 0.3) is 5.69 Å². The van der Waals surface area contributed by atoms with Gasteiger partial charge in [0.05, 0.1) is 17.7 Å². The van der Waals surface area contributed by atoms with Crippen LogP contribution in [0.1, 0.15) is 12.5 Å². The van der Waals surface area contributed by atoms with Crippen LogP contribution in [-0.2, 0) is 0 Å². The lowest BCUT2D eigenvalue weighted by molar-refractivity contribution is -0.384. The number of hydrogen-bond acceptors (Lipinski definition) is 7. The third-order valence-corrected chi connectivity index (χ3v) is 4.53. The lowest BCUT2D eigenvalue weighted by atomic mass is 10.2. The fourth-order valence-corrected chi connectivity index (χ4v) is 2.98. The molecule has 10 heteroatoms. The van der Waals surface area contributed by atoms with Crippen LogP contribution in [0, 0.1) is 10.1 Å². The first-order valence-electron chi connectivity index (χ1n) is 10.5. The third-order valence-electron chi connectivity index (χ3n) is 4.34. The van der Waals surface area contributed by atoms with E-state index in [-0.39, 0.29) is 18.9 Å². The van der Waals surface area contributed by atoms with Gasteiger partial charge in [-0.05, 0) is 67.2 Å². The largest absolute Gasteiger partial charge is 0.490 e. The van der Waals surface area contributed by atoms with Crippen molar-refractivity contribution in [2.45, 2.75) is 6.92 Å². The smallest absolute Gasteiger partial charge is 0.269 e. The summed E-state index contributed by atoms with van der Waals surface area (Å²) in [4.78, 5) is 10.3. The Hall–Kier alpha value is -4.18. The summed E-state index contributed by atoms with van der Waals surface area (Å²) >= 11 is 5.23. The highest BCUT2D eigenvalue weighted by molar-refractivity contribution is 7.80. The summed E-state index contributed by atoms with van der Waals surface area (Å²) in [5.41, 5.74) is 4.46. The molecule has 0 saturated carbocycles. The van der Waals surface area contributed by atoms with Crippen molar-refractivity contribution in [3.05, 3.63) is 88.5 Å². The standard InChI is InChI=1S/C24H24N4O5S/c1-2-31-23-16-18(17-25-27-24(34)26-19-6-4-3-5-7-19)8-13-22(23)33-15-14-32-21-11-9-20(10-12-21)28(29)30/h3-13,16-17H,2,14-15H2,1H3,(H2,26,27,34). The summed E-state index contributed by atoms with van der Waals surface area (Å²) in [6.45, 7) is 2.89. The Morgan fingerprint density at radius 3 is 2.44 bits per heavy atom. The summed E-state index contributed by atoms with van der Waals surface area (Å²) in [6, 6.07) is 20.9. The SMILES string of the molecule is CCOc1cc(C=NNC(=S)Nc2ccccc2)ccc1OCCOc1ccc([N+](=O)[O-])cc1.